The third-order valence-electron chi connectivity index (χ3n) is 4.49. The van der Waals surface area contributed by atoms with Gasteiger partial charge in [0.05, 0.1) is 10.6 Å². The molecule has 0 aliphatic carbocycles. The molecular formula is C19H24N4O3S2. The molecule has 0 unspecified atom stereocenters. The normalized spacial score (nSPS) is 20.6. The Morgan fingerprint density at radius 3 is 2.36 bits per heavy atom. The van der Waals surface area contributed by atoms with Crippen LogP contribution in [0.3, 0.4) is 0 Å². The number of nitrogens with one attached hydrogen (secondary N) is 1. The Bertz CT molecular complexity index is 895. The van der Waals surface area contributed by atoms with E-state index in [9.17, 15) is 13.2 Å². The minimum Gasteiger partial charge on any atom is -0.325 e. The minimum atomic E-state index is -3.52. The molecule has 1 aliphatic rings. The van der Waals surface area contributed by atoms with Crippen LogP contribution in [-0.2, 0) is 14.8 Å². The van der Waals surface area contributed by atoms with Gasteiger partial charge in [-0.3, -0.25) is 4.79 Å². The summed E-state index contributed by atoms with van der Waals surface area (Å²) in [6.45, 7) is 5.25. The lowest BCUT2D eigenvalue weighted by atomic mass is 9.94. The highest BCUT2D eigenvalue weighted by molar-refractivity contribution is 7.99. The first-order valence-electron chi connectivity index (χ1n) is 9.14. The van der Waals surface area contributed by atoms with Crippen molar-refractivity contribution >= 4 is 33.4 Å². The van der Waals surface area contributed by atoms with E-state index in [0.29, 0.717) is 35.8 Å². The van der Waals surface area contributed by atoms with Gasteiger partial charge in [-0.15, -0.1) is 0 Å². The van der Waals surface area contributed by atoms with E-state index in [4.69, 9.17) is 0 Å². The van der Waals surface area contributed by atoms with Crippen molar-refractivity contribution in [1.82, 2.24) is 14.3 Å². The van der Waals surface area contributed by atoms with Crippen LogP contribution in [0.4, 0.5) is 5.69 Å². The zero-order valence-corrected chi connectivity index (χ0v) is 17.5. The molecule has 0 spiro atoms. The lowest BCUT2D eigenvalue weighted by Gasteiger charge is -2.34. The van der Waals surface area contributed by atoms with Crippen LogP contribution in [0, 0.1) is 11.8 Å². The summed E-state index contributed by atoms with van der Waals surface area (Å²) in [5.41, 5.74) is 0.555. The average molecular weight is 421 g/mol. The molecule has 3 rings (SSSR count). The second-order valence-corrected chi connectivity index (χ2v) is 10.0. The minimum absolute atomic E-state index is 0.174. The summed E-state index contributed by atoms with van der Waals surface area (Å²) in [6, 6.07) is 8.03. The second-order valence-electron chi connectivity index (χ2n) is 7.16. The number of amides is 1. The molecule has 1 amide bonds. The largest absolute Gasteiger partial charge is 0.325 e. The van der Waals surface area contributed by atoms with E-state index in [1.807, 2.05) is 0 Å². The van der Waals surface area contributed by atoms with Crippen LogP contribution < -0.4 is 5.32 Å². The third-order valence-corrected chi connectivity index (χ3v) is 7.21. The molecule has 9 heteroatoms. The van der Waals surface area contributed by atoms with Gasteiger partial charge < -0.3 is 5.32 Å². The molecule has 0 radical (unpaired) electrons. The quantitative estimate of drug-likeness (QED) is 0.571. The summed E-state index contributed by atoms with van der Waals surface area (Å²) >= 11 is 1.24. The van der Waals surface area contributed by atoms with Gasteiger partial charge >= 0.3 is 0 Å². The first-order valence-corrected chi connectivity index (χ1v) is 11.6. The van der Waals surface area contributed by atoms with Gasteiger partial charge in [0.2, 0.25) is 15.9 Å². The first-order chi connectivity index (χ1) is 13.3. The Kier molecular flexibility index (Phi) is 6.69. The zero-order chi connectivity index (χ0) is 20.1. The van der Waals surface area contributed by atoms with E-state index in [2.05, 4.69) is 29.1 Å². The number of hydrogen-bond donors (Lipinski definition) is 1. The molecular weight excluding hydrogens is 396 g/mol. The molecule has 2 heterocycles. The van der Waals surface area contributed by atoms with Crippen LogP contribution >= 0.6 is 11.8 Å². The number of anilines is 1. The number of nitrogens with zero attached hydrogens (tertiary/aromatic N) is 3. The second kappa shape index (κ2) is 9.02. The molecule has 0 saturated carbocycles. The lowest BCUT2D eigenvalue weighted by molar-refractivity contribution is -0.113. The average Bonchev–Trinajstić information content (AvgIpc) is 2.67. The predicted molar refractivity (Wildman–Crippen MR) is 110 cm³/mol. The monoisotopic (exact) mass is 420 g/mol. The fourth-order valence-corrected chi connectivity index (χ4v) is 5.63. The van der Waals surface area contributed by atoms with Gasteiger partial charge in [0.25, 0.3) is 0 Å². The van der Waals surface area contributed by atoms with Crippen LogP contribution in [0.2, 0.25) is 0 Å². The lowest BCUT2D eigenvalue weighted by Crippen LogP contribution is -2.42. The van der Waals surface area contributed by atoms with E-state index in [1.165, 1.54) is 11.8 Å². The molecule has 2 aromatic rings. The Labute approximate surface area is 170 Å². The van der Waals surface area contributed by atoms with Gasteiger partial charge in [-0.2, -0.15) is 4.31 Å². The smallest absolute Gasteiger partial charge is 0.243 e. The van der Waals surface area contributed by atoms with Gasteiger partial charge in [-0.1, -0.05) is 25.6 Å². The van der Waals surface area contributed by atoms with E-state index < -0.39 is 10.0 Å². The summed E-state index contributed by atoms with van der Waals surface area (Å²) in [4.78, 5) is 20.4. The van der Waals surface area contributed by atoms with Crippen LogP contribution in [0.25, 0.3) is 0 Å². The Morgan fingerprint density at radius 1 is 1.14 bits per heavy atom. The first kappa shape index (κ1) is 20.8. The topological polar surface area (TPSA) is 92.3 Å². The molecule has 1 aromatic heterocycles. The van der Waals surface area contributed by atoms with Gasteiger partial charge in [0.1, 0.15) is 0 Å². The van der Waals surface area contributed by atoms with Gasteiger partial charge in [-0.05, 0) is 48.6 Å². The maximum absolute atomic E-state index is 12.9. The van der Waals surface area contributed by atoms with E-state index in [-0.39, 0.29) is 16.6 Å². The number of hydrogen-bond acceptors (Lipinski definition) is 6. The van der Waals surface area contributed by atoms with Crippen LogP contribution in [0.1, 0.15) is 20.3 Å². The molecule has 28 heavy (non-hydrogen) atoms. The molecule has 150 valence electrons. The van der Waals surface area contributed by atoms with Crippen molar-refractivity contribution in [2.75, 3.05) is 24.2 Å². The summed E-state index contributed by atoms with van der Waals surface area (Å²) < 4.78 is 27.4. The number of benzene rings is 1. The number of carbonyl (C=O) groups is 1. The Balaban J connectivity index is 1.60. The molecule has 0 bridgehead atoms. The highest BCUT2D eigenvalue weighted by atomic mass is 32.2. The van der Waals surface area contributed by atoms with E-state index in [0.717, 1.165) is 6.42 Å². The summed E-state index contributed by atoms with van der Waals surface area (Å²) in [5.74, 6) is 0.672. The van der Waals surface area contributed by atoms with Crippen molar-refractivity contribution < 1.29 is 13.2 Å². The Hall–Kier alpha value is -1.97. The molecule has 1 aromatic carbocycles. The standard InChI is InChI=1S/C19H24N4O3S2/c1-14-10-15(2)12-23(11-14)28(25,26)17-6-4-16(5-7-17)22-18(24)13-27-19-20-8-3-9-21-19/h3-9,14-15H,10-13H2,1-2H3,(H,22,24)/t14-,15+. The van der Waals surface area contributed by atoms with Crippen molar-refractivity contribution in [2.24, 2.45) is 11.8 Å². The maximum atomic E-state index is 12.9. The number of carbonyl (C=O) groups excluding carboxylic acids is 1. The maximum Gasteiger partial charge on any atom is 0.243 e. The Morgan fingerprint density at radius 2 is 1.75 bits per heavy atom. The molecule has 7 nitrogen and oxygen atoms in total. The fraction of sp³-hybridized carbons (Fsp3) is 0.421. The fourth-order valence-electron chi connectivity index (χ4n) is 3.35. The summed E-state index contributed by atoms with van der Waals surface area (Å²) in [5, 5.41) is 3.29. The highest BCUT2D eigenvalue weighted by Crippen LogP contribution is 2.27. The molecule has 1 saturated heterocycles. The number of piperidine rings is 1. The number of thioether (sulfide) groups is 1. The number of aromatic nitrogens is 2. The summed E-state index contributed by atoms with van der Waals surface area (Å²) in [7, 11) is -3.52. The van der Waals surface area contributed by atoms with E-state index in [1.54, 1.807) is 47.0 Å². The van der Waals surface area contributed by atoms with Crippen molar-refractivity contribution in [3.05, 3.63) is 42.7 Å². The van der Waals surface area contributed by atoms with Crippen molar-refractivity contribution in [1.29, 1.82) is 0 Å². The van der Waals surface area contributed by atoms with Crippen LogP contribution in [-0.4, -0.2) is 47.4 Å². The summed E-state index contributed by atoms with van der Waals surface area (Å²) in [6.07, 6.45) is 4.29. The van der Waals surface area contributed by atoms with Gasteiger partial charge in [0, 0.05) is 31.2 Å². The van der Waals surface area contributed by atoms with Crippen LogP contribution in [0.15, 0.2) is 52.8 Å². The van der Waals surface area contributed by atoms with E-state index >= 15 is 0 Å². The van der Waals surface area contributed by atoms with Crippen molar-refractivity contribution in [3.8, 4) is 0 Å². The zero-order valence-electron chi connectivity index (χ0n) is 15.9. The van der Waals surface area contributed by atoms with Crippen molar-refractivity contribution in [3.63, 3.8) is 0 Å². The molecule has 1 N–H and O–H groups in total. The van der Waals surface area contributed by atoms with Crippen LogP contribution in [0.5, 0.6) is 0 Å². The highest BCUT2D eigenvalue weighted by Gasteiger charge is 2.31. The number of rotatable bonds is 6. The molecule has 1 aliphatic heterocycles. The number of sulfonamides is 1. The third kappa shape index (κ3) is 5.30. The van der Waals surface area contributed by atoms with Crippen molar-refractivity contribution in [2.45, 2.75) is 30.3 Å². The molecule has 1 fully saturated rings. The molecule has 2 atom stereocenters. The predicted octanol–water partition coefficient (Wildman–Crippen LogP) is 2.87. The van der Waals surface area contributed by atoms with Gasteiger partial charge in [-0.25, -0.2) is 18.4 Å². The van der Waals surface area contributed by atoms with Gasteiger partial charge in [0.15, 0.2) is 5.16 Å². The SMILES string of the molecule is C[C@@H]1C[C@H](C)CN(S(=O)(=O)c2ccc(NC(=O)CSc3ncccn3)cc2)C1.